The minimum absolute atomic E-state index is 0.172. The summed E-state index contributed by atoms with van der Waals surface area (Å²) in [7, 11) is 0. The van der Waals surface area contributed by atoms with Gasteiger partial charge in [0.25, 0.3) is 0 Å². The Morgan fingerprint density at radius 3 is 2.53 bits per heavy atom. The average Bonchev–Trinajstić information content (AvgIpc) is 2.36. The average molecular weight is 257 g/mol. The second kappa shape index (κ2) is 5.30. The van der Waals surface area contributed by atoms with E-state index in [4.69, 9.17) is 0 Å². The van der Waals surface area contributed by atoms with Crippen LogP contribution in [0.4, 0.5) is 5.95 Å². The molecule has 0 spiro atoms. The van der Waals surface area contributed by atoms with Gasteiger partial charge >= 0.3 is 0 Å². The third kappa shape index (κ3) is 3.98. The van der Waals surface area contributed by atoms with Gasteiger partial charge in [0, 0.05) is 12.7 Å². The summed E-state index contributed by atoms with van der Waals surface area (Å²) in [4.78, 5) is 17.3. The van der Waals surface area contributed by atoms with Gasteiger partial charge in [-0.05, 0) is 24.5 Å². The predicted molar refractivity (Wildman–Crippen MR) is 75.7 cm³/mol. The van der Waals surface area contributed by atoms with Gasteiger partial charge in [-0.3, -0.25) is 4.98 Å². The van der Waals surface area contributed by atoms with Crippen molar-refractivity contribution >= 4 is 5.95 Å². The molecule has 0 aromatic carbocycles. The van der Waals surface area contributed by atoms with Crippen molar-refractivity contribution in [3.05, 3.63) is 30.2 Å². The Balaban J connectivity index is 2.25. The van der Waals surface area contributed by atoms with Gasteiger partial charge in [0.2, 0.25) is 5.95 Å². The first kappa shape index (κ1) is 13.4. The van der Waals surface area contributed by atoms with Crippen molar-refractivity contribution in [1.82, 2.24) is 19.9 Å². The molecule has 2 aromatic rings. The fraction of sp³-hybridized carbons (Fsp3) is 0.429. The molecular formula is C14H19N5. The lowest BCUT2D eigenvalue weighted by Gasteiger charge is -2.18. The number of hydrogen-bond donors (Lipinski definition) is 1. The molecule has 0 amide bonds. The van der Waals surface area contributed by atoms with E-state index in [2.05, 4.69) is 46.0 Å². The molecule has 0 atom stereocenters. The molecule has 19 heavy (non-hydrogen) atoms. The van der Waals surface area contributed by atoms with Crippen LogP contribution < -0.4 is 5.32 Å². The van der Waals surface area contributed by atoms with Crippen molar-refractivity contribution in [2.45, 2.75) is 27.7 Å². The number of aromatic nitrogens is 4. The van der Waals surface area contributed by atoms with E-state index in [1.54, 1.807) is 6.20 Å². The smallest absolute Gasteiger partial charge is 0.226 e. The lowest BCUT2D eigenvalue weighted by atomic mass is 9.97. The standard InChI is InChI=1S/C14H19N5/c1-10-17-12(11-7-5-6-8-15-11)19-13(18-10)16-9-14(2,3)4/h5-8H,9H2,1-4H3,(H,16,17,18,19). The normalized spacial score (nSPS) is 11.4. The minimum Gasteiger partial charge on any atom is -0.354 e. The molecule has 2 heterocycles. The molecule has 5 heteroatoms. The van der Waals surface area contributed by atoms with Gasteiger partial charge in [-0.25, -0.2) is 4.98 Å². The fourth-order valence-corrected chi connectivity index (χ4v) is 1.51. The van der Waals surface area contributed by atoms with Crippen LogP contribution in [0.2, 0.25) is 0 Å². The zero-order chi connectivity index (χ0) is 13.9. The lowest BCUT2D eigenvalue weighted by molar-refractivity contribution is 0.441. The number of aryl methyl sites for hydroxylation is 1. The summed E-state index contributed by atoms with van der Waals surface area (Å²) >= 11 is 0. The number of pyridine rings is 1. The van der Waals surface area contributed by atoms with E-state index in [-0.39, 0.29) is 5.41 Å². The highest BCUT2D eigenvalue weighted by molar-refractivity contribution is 5.50. The minimum atomic E-state index is 0.172. The van der Waals surface area contributed by atoms with Gasteiger partial charge < -0.3 is 5.32 Å². The second-order valence-electron chi connectivity index (χ2n) is 5.66. The molecule has 0 saturated carbocycles. The number of nitrogens with one attached hydrogen (secondary N) is 1. The van der Waals surface area contributed by atoms with Gasteiger partial charge in [-0.15, -0.1) is 0 Å². The molecule has 0 saturated heterocycles. The monoisotopic (exact) mass is 257 g/mol. The summed E-state index contributed by atoms with van der Waals surface area (Å²) in [6.45, 7) is 9.14. The highest BCUT2D eigenvalue weighted by atomic mass is 15.2. The SMILES string of the molecule is Cc1nc(NCC(C)(C)C)nc(-c2ccccn2)n1. The summed E-state index contributed by atoms with van der Waals surface area (Å²) < 4.78 is 0. The molecule has 2 rings (SSSR count). The highest BCUT2D eigenvalue weighted by Crippen LogP contribution is 2.16. The second-order valence-corrected chi connectivity index (χ2v) is 5.66. The molecule has 5 nitrogen and oxygen atoms in total. The number of nitrogens with zero attached hydrogens (tertiary/aromatic N) is 4. The van der Waals surface area contributed by atoms with Crippen LogP contribution in [0.25, 0.3) is 11.5 Å². The Kier molecular flexibility index (Phi) is 3.74. The maximum Gasteiger partial charge on any atom is 0.226 e. The predicted octanol–water partition coefficient (Wildman–Crippen LogP) is 2.70. The number of hydrogen-bond acceptors (Lipinski definition) is 5. The first-order valence-corrected chi connectivity index (χ1v) is 6.32. The van der Waals surface area contributed by atoms with Crippen LogP contribution in [-0.4, -0.2) is 26.5 Å². The van der Waals surface area contributed by atoms with Crippen molar-refractivity contribution in [1.29, 1.82) is 0 Å². The lowest BCUT2D eigenvalue weighted by Crippen LogP contribution is -2.20. The van der Waals surface area contributed by atoms with Crippen molar-refractivity contribution in [3.8, 4) is 11.5 Å². The summed E-state index contributed by atoms with van der Waals surface area (Å²) in [5, 5.41) is 3.25. The molecule has 0 bridgehead atoms. The van der Waals surface area contributed by atoms with E-state index in [1.807, 2.05) is 25.1 Å². The summed E-state index contributed by atoms with van der Waals surface area (Å²) in [6, 6.07) is 5.68. The Hall–Kier alpha value is -2.04. The molecule has 100 valence electrons. The van der Waals surface area contributed by atoms with Crippen molar-refractivity contribution in [2.75, 3.05) is 11.9 Å². The van der Waals surface area contributed by atoms with E-state index < -0.39 is 0 Å². The molecule has 2 aromatic heterocycles. The molecular weight excluding hydrogens is 238 g/mol. The zero-order valence-electron chi connectivity index (χ0n) is 11.8. The Morgan fingerprint density at radius 1 is 1.11 bits per heavy atom. The third-order valence-electron chi connectivity index (χ3n) is 2.42. The molecule has 0 unspecified atom stereocenters. The number of anilines is 1. The van der Waals surface area contributed by atoms with E-state index in [0.29, 0.717) is 17.6 Å². The van der Waals surface area contributed by atoms with Gasteiger partial charge in [-0.1, -0.05) is 26.8 Å². The van der Waals surface area contributed by atoms with Gasteiger partial charge in [0.05, 0.1) is 0 Å². The Labute approximate surface area is 113 Å². The Morgan fingerprint density at radius 2 is 1.89 bits per heavy atom. The Bertz CT molecular complexity index is 546. The van der Waals surface area contributed by atoms with Gasteiger partial charge in [-0.2, -0.15) is 9.97 Å². The third-order valence-corrected chi connectivity index (χ3v) is 2.42. The van der Waals surface area contributed by atoms with Crippen molar-refractivity contribution < 1.29 is 0 Å². The maximum atomic E-state index is 4.41. The number of rotatable bonds is 3. The van der Waals surface area contributed by atoms with Crippen LogP contribution in [0.15, 0.2) is 24.4 Å². The molecule has 0 radical (unpaired) electrons. The summed E-state index contributed by atoms with van der Waals surface area (Å²) in [5.41, 5.74) is 0.929. The van der Waals surface area contributed by atoms with E-state index in [0.717, 1.165) is 12.2 Å². The first-order chi connectivity index (χ1) is 8.94. The van der Waals surface area contributed by atoms with Crippen LogP contribution in [0.5, 0.6) is 0 Å². The quantitative estimate of drug-likeness (QED) is 0.916. The van der Waals surface area contributed by atoms with Gasteiger partial charge in [0.1, 0.15) is 11.5 Å². The molecule has 0 fully saturated rings. The van der Waals surface area contributed by atoms with Crippen molar-refractivity contribution in [2.24, 2.45) is 5.41 Å². The maximum absolute atomic E-state index is 4.41. The molecule has 1 N–H and O–H groups in total. The highest BCUT2D eigenvalue weighted by Gasteiger charge is 2.12. The van der Waals surface area contributed by atoms with E-state index >= 15 is 0 Å². The fourth-order valence-electron chi connectivity index (χ4n) is 1.51. The van der Waals surface area contributed by atoms with Crippen LogP contribution in [0.3, 0.4) is 0 Å². The molecule has 0 aliphatic rings. The van der Waals surface area contributed by atoms with Crippen LogP contribution in [0, 0.1) is 12.3 Å². The van der Waals surface area contributed by atoms with Gasteiger partial charge in [0.15, 0.2) is 5.82 Å². The molecule has 0 aliphatic heterocycles. The largest absolute Gasteiger partial charge is 0.354 e. The summed E-state index contributed by atoms with van der Waals surface area (Å²) in [6.07, 6.45) is 1.73. The zero-order valence-corrected chi connectivity index (χ0v) is 11.8. The first-order valence-electron chi connectivity index (χ1n) is 6.32. The van der Waals surface area contributed by atoms with Crippen LogP contribution in [0.1, 0.15) is 26.6 Å². The van der Waals surface area contributed by atoms with E-state index in [1.165, 1.54) is 0 Å². The summed E-state index contributed by atoms with van der Waals surface area (Å²) in [5.74, 6) is 1.89. The van der Waals surface area contributed by atoms with Crippen molar-refractivity contribution in [3.63, 3.8) is 0 Å². The van der Waals surface area contributed by atoms with Crippen LogP contribution in [-0.2, 0) is 0 Å². The topological polar surface area (TPSA) is 63.6 Å². The molecule has 0 aliphatic carbocycles. The van der Waals surface area contributed by atoms with E-state index in [9.17, 15) is 0 Å². The van der Waals surface area contributed by atoms with Crippen LogP contribution >= 0.6 is 0 Å².